The number of hydrogen-bond acceptors (Lipinski definition) is 0. The molecule has 0 saturated heterocycles. The molecule has 0 unspecified atom stereocenters. The van der Waals surface area contributed by atoms with Gasteiger partial charge in [-0.25, -0.2) is 0 Å². The molecule has 0 saturated carbocycles. The summed E-state index contributed by atoms with van der Waals surface area (Å²) in [6, 6.07) is 0. The van der Waals surface area contributed by atoms with Crippen LogP contribution >= 0.6 is 0 Å². The molecule has 0 aromatic rings. The topological polar surface area (TPSA) is 0 Å². The summed E-state index contributed by atoms with van der Waals surface area (Å²) in [5.74, 6) is 3.18. The van der Waals surface area contributed by atoms with Gasteiger partial charge in [-0.05, 0) is 11.0 Å². The van der Waals surface area contributed by atoms with Crippen molar-refractivity contribution in [3.8, 4) is 11.5 Å². The van der Waals surface area contributed by atoms with Crippen molar-refractivity contribution < 1.29 is 0 Å². The van der Waals surface area contributed by atoms with E-state index in [1.165, 1.54) is 0 Å². The summed E-state index contributed by atoms with van der Waals surface area (Å²) in [6.07, 6.45) is 0. The van der Waals surface area contributed by atoms with Crippen LogP contribution in [0.4, 0.5) is 0 Å². The zero-order valence-corrected chi connectivity index (χ0v) is 10.2. The van der Waals surface area contributed by atoms with Gasteiger partial charge in [0.25, 0.3) is 0 Å². The van der Waals surface area contributed by atoms with E-state index in [9.17, 15) is 0 Å². The van der Waals surface area contributed by atoms with E-state index in [1.54, 1.807) is 0 Å². The molecular formula is C11H20Si. The fraction of sp³-hybridized carbons (Fsp3) is 0.636. The molecule has 0 atom stereocenters. The highest BCUT2D eigenvalue weighted by Gasteiger charge is 2.13. The minimum Gasteiger partial charge on any atom is -0.127 e. The highest BCUT2D eigenvalue weighted by atomic mass is 28.3. The van der Waals surface area contributed by atoms with Crippen LogP contribution in [0.3, 0.4) is 0 Å². The Morgan fingerprint density at radius 2 is 1.58 bits per heavy atom. The lowest BCUT2D eigenvalue weighted by molar-refractivity contribution is 0.523. The lowest BCUT2D eigenvalue weighted by atomic mass is 9.88. The fourth-order valence-electron chi connectivity index (χ4n) is 0.450. The molecule has 0 aliphatic carbocycles. The maximum absolute atomic E-state index is 3.98. The first-order chi connectivity index (χ1) is 5.13. The lowest BCUT2D eigenvalue weighted by Gasteiger charge is -2.17. The van der Waals surface area contributed by atoms with Gasteiger partial charge in [-0.1, -0.05) is 52.9 Å². The molecule has 0 aromatic heterocycles. The van der Waals surface area contributed by atoms with E-state index in [0.717, 1.165) is 5.57 Å². The van der Waals surface area contributed by atoms with Crippen molar-refractivity contribution in [2.24, 2.45) is 5.41 Å². The third kappa shape index (κ3) is 5.20. The zero-order valence-electron chi connectivity index (χ0n) is 9.21. The van der Waals surface area contributed by atoms with Crippen LogP contribution in [0.15, 0.2) is 12.2 Å². The monoisotopic (exact) mass is 180 g/mol. The Kier molecular flexibility index (Phi) is 3.35. The van der Waals surface area contributed by atoms with Crippen molar-refractivity contribution in [1.29, 1.82) is 0 Å². The fourth-order valence-corrected chi connectivity index (χ4v) is 0.976. The first-order valence-corrected chi connectivity index (χ1v) is 7.85. The standard InChI is InChI=1S/C11H20Si/c1-10(11(2,3)4)8-9-12(5,6)7/h1H2,2-7H3. The van der Waals surface area contributed by atoms with Crippen LogP contribution in [-0.4, -0.2) is 8.07 Å². The summed E-state index contributed by atoms with van der Waals surface area (Å²) in [7, 11) is -1.22. The van der Waals surface area contributed by atoms with Crippen molar-refractivity contribution in [3.63, 3.8) is 0 Å². The van der Waals surface area contributed by atoms with Gasteiger partial charge in [0.2, 0.25) is 0 Å². The van der Waals surface area contributed by atoms with Gasteiger partial charge in [0, 0.05) is 0 Å². The first kappa shape index (κ1) is 11.5. The van der Waals surface area contributed by atoms with Crippen molar-refractivity contribution in [2.75, 3.05) is 0 Å². The van der Waals surface area contributed by atoms with Crippen LogP contribution in [0.2, 0.25) is 19.6 Å². The van der Waals surface area contributed by atoms with E-state index in [1.807, 2.05) is 0 Å². The summed E-state index contributed by atoms with van der Waals surface area (Å²) in [5, 5.41) is 0. The predicted molar refractivity (Wildman–Crippen MR) is 59.7 cm³/mol. The molecule has 0 aliphatic heterocycles. The van der Waals surface area contributed by atoms with Crippen LogP contribution in [0, 0.1) is 16.9 Å². The maximum Gasteiger partial charge on any atom is 0.129 e. The number of allylic oxidation sites excluding steroid dienone is 1. The molecule has 0 radical (unpaired) electrons. The van der Waals surface area contributed by atoms with Gasteiger partial charge in [0.15, 0.2) is 0 Å². The third-order valence-corrected chi connectivity index (χ3v) is 2.37. The minimum absolute atomic E-state index is 0.132. The summed E-state index contributed by atoms with van der Waals surface area (Å²) < 4.78 is 0. The Labute approximate surface area is 78.1 Å². The van der Waals surface area contributed by atoms with E-state index in [-0.39, 0.29) is 5.41 Å². The average Bonchev–Trinajstić information content (AvgIpc) is 1.78. The number of rotatable bonds is 0. The normalized spacial score (nSPS) is 11.8. The Morgan fingerprint density at radius 1 is 1.17 bits per heavy atom. The van der Waals surface area contributed by atoms with E-state index in [0.29, 0.717) is 0 Å². The maximum atomic E-state index is 3.98. The Hall–Kier alpha value is -0.483. The van der Waals surface area contributed by atoms with Gasteiger partial charge in [-0.15, -0.1) is 5.54 Å². The van der Waals surface area contributed by atoms with Gasteiger partial charge in [0.05, 0.1) is 0 Å². The van der Waals surface area contributed by atoms with Gasteiger partial charge in [-0.3, -0.25) is 0 Å². The molecule has 0 aromatic carbocycles. The van der Waals surface area contributed by atoms with Crippen molar-refractivity contribution in [1.82, 2.24) is 0 Å². The smallest absolute Gasteiger partial charge is 0.127 e. The van der Waals surface area contributed by atoms with Crippen LogP contribution in [0.25, 0.3) is 0 Å². The SMILES string of the molecule is C=C(C#C[Si](C)(C)C)C(C)(C)C. The van der Waals surface area contributed by atoms with Crippen LogP contribution < -0.4 is 0 Å². The largest absolute Gasteiger partial charge is 0.129 e. The number of hydrogen-bond donors (Lipinski definition) is 0. The van der Waals surface area contributed by atoms with Gasteiger partial charge < -0.3 is 0 Å². The quantitative estimate of drug-likeness (QED) is 0.395. The molecule has 0 nitrogen and oxygen atoms in total. The van der Waals surface area contributed by atoms with E-state index >= 15 is 0 Å². The van der Waals surface area contributed by atoms with Crippen molar-refractivity contribution >= 4 is 8.07 Å². The Morgan fingerprint density at radius 3 is 1.83 bits per heavy atom. The highest BCUT2D eigenvalue weighted by Crippen LogP contribution is 2.22. The van der Waals surface area contributed by atoms with Gasteiger partial charge in [-0.2, -0.15) is 0 Å². The second-order valence-corrected chi connectivity index (χ2v) is 9.98. The lowest BCUT2D eigenvalue weighted by Crippen LogP contribution is -2.17. The predicted octanol–water partition coefficient (Wildman–Crippen LogP) is 3.47. The molecule has 68 valence electrons. The Balaban J connectivity index is 4.46. The summed E-state index contributed by atoms with van der Waals surface area (Å²) >= 11 is 0. The average molecular weight is 180 g/mol. The molecule has 0 aliphatic rings. The molecular weight excluding hydrogens is 160 g/mol. The van der Waals surface area contributed by atoms with E-state index < -0.39 is 8.07 Å². The molecule has 12 heavy (non-hydrogen) atoms. The summed E-state index contributed by atoms with van der Waals surface area (Å²) in [4.78, 5) is 0. The van der Waals surface area contributed by atoms with Crippen molar-refractivity contribution in [2.45, 2.75) is 40.4 Å². The molecule has 0 amide bonds. The molecule has 0 N–H and O–H groups in total. The van der Waals surface area contributed by atoms with Crippen LogP contribution in [-0.2, 0) is 0 Å². The van der Waals surface area contributed by atoms with Gasteiger partial charge in [0.1, 0.15) is 8.07 Å². The summed E-state index contributed by atoms with van der Waals surface area (Å²) in [5.41, 5.74) is 4.50. The second kappa shape index (κ2) is 3.49. The molecule has 0 rings (SSSR count). The minimum atomic E-state index is -1.22. The highest BCUT2D eigenvalue weighted by molar-refractivity contribution is 6.83. The second-order valence-electron chi connectivity index (χ2n) is 5.23. The van der Waals surface area contributed by atoms with Crippen LogP contribution in [0.5, 0.6) is 0 Å². The third-order valence-electron chi connectivity index (χ3n) is 1.49. The zero-order chi connectivity index (χ0) is 9.99. The van der Waals surface area contributed by atoms with E-state index in [2.05, 4.69) is 58.5 Å². The first-order valence-electron chi connectivity index (χ1n) is 4.35. The van der Waals surface area contributed by atoms with Gasteiger partial charge >= 0.3 is 0 Å². The molecule has 0 fully saturated rings. The Bertz CT molecular complexity index is 224. The summed E-state index contributed by atoms with van der Waals surface area (Å²) in [6.45, 7) is 17.2. The molecule has 0 bridgehead atoms. The van der Waals surface area contributed by atoms with Crippen LogP contribution in [0.1, 0.15) is 20.8 Å². The van der Waals surface area contributed by atoms with E-state index in [4.69, 9.17) is 0 Å². The molecule has 0 heterocycles. The van der Waals surface area contributed by atoms with Crippen molar-refractivity contribution in [3.05, 3.63) is 12.2 Å². The molecule has 1 heteroatoms. The molecule has 0 spiro atoms.